The van der Waals surface area contributed by atoms with Gasteiger partial charge in [-0.1, -0.05) is 163 Å². The summed E-state index contributed by atoms with van der Waals surface area (Å²) in [4.78, 5) is 0. The fraction of sp³-hybridized carbons (Fsp3) is 0.0233. The maximum Gasteiger partial charge on any atom is 0.634 e. The largest absolute Gasteiger partial charge is 0.634 e. The number of aryl methyl sites for hydroxylation is 1. The minimum atomic E-state index is -0.650. The summed E-state index contributed by atoms with van der Waals surface area (Å²) < 4.78 is 14.2. The molecular weight excluding hydrogens is 559 g/mol. The Labute approximate surface area is 268 Å². The second-order valence-electron chi connectivity index (χ2n) is 12.0. The van der Waals surface area contributed by atoms with E-state index in [1.807, 2.05) is 0 Å². The van der Waals surface area contributed by atoms with Gasteiger partial charge in [-0.15, -0.1) is 0 Å². The molecule has 0 aliphatic carbocycles. The van der Waals surface area contributed by atoms with E-state index >= 15 is 0 Å². The van der Waals surface area contributed by atoms with Crippen molar-refractivity contribution >= 4 is 67.2 Å². The smallest absolute Gasteiger partial charge is 0.519 e. The van der Waals surface area contributed by atoms with Crippen LogP contribution in [0.3, 0.4) is 0 Å². The number of hydrogen-bond donors (Lipinski definition) is 0. The van der Waals surface area contributed by atoms with Gasteiger partial charge in [-0.2, -0.15) is 0 Å². The van der Waals surface area contributed by atoms with Crippen LogP contribution in [-0.2, 0) is 9.31 Å². The normalized spacial score (nSPS) is 13.1. The van der Waals surface area contributed by atoms with Crippen molar-refractivity contribution in [2.45, 2.75) is 6.92 Å². The zero-order valence-corrected chi connectivity index (χ0v) is 25.4. The third-order valence-corrected chi connectivity index (χ3v) is 9.24. The van der Waals surface area contributed by atoms with E-state index in [0.29, 0.717) is 0 Å². The molecule has 2 nitrogen and oxygen atoms in total. The van der Waals surface area contributed by atoms with Crippen LogP contribution in [0.5, 0.6) is 0 Å². The third kappa shape index (κ3) is 4.20. The fourth-order valence-electron chi connectivity index (χ4n) is 7.18. The van der Waals surface area contributed by atoms with Gasteiger partial charge in [0.25, 0.3) is 0 Å². The van der Waals surface area contributed by atoms with Gasteiger partial charge in [-0.05, 0) is 61.1 Å². The van der Waals surface area contributed by atoms with E-state index in [2.05, 4.69) is 165 Å². The number of rotatable bonds is 4. The summed E-state index contributed by atoms with van der Waals surface area (Å²) in [6.45, 7) is 2.16. The lowest BCUT2D eigenvalue weighted by Crippen LogP contribution is -2.34. The number of benzene rings is 8. The molecule has 1 aliphatic rings. The molecule has 0 unspecified atom stereocenters. The van der Waals surface area contributed by atoms with Crippen LogP contribution in [-0.4, -0.2) is 7.12 Å². The Balaban J connectivity index is 1.32. The van der Waals surface area contributed by atoms with E-state index in [9.17, 15) is 0 Å². The maximum atomic E-state index is 7.11. The molecule has 216 valence electrons. The standard InChI is InChI=1S/C43H29BO2/c1-28-25-26-36-39(27-28)40(31-15-3-2-4-16-31)34-21-9-10-22-35(34)41(36)44-45-42(37-23-11-17-29-13-5-7-19-32(29)37)43(46-44)38-24-12-18-30-14-6-8-20-33(30)38/h2-27H,1H3. The molecule has 0 fully saturated rings. The van der Waals surface area contributed by atoms with E-state index in [4.69, 9.17) is 9.31 Å². The second kappa shape index (κ2) is 10.7. The van der Waals surface area contributed by atoms with Crippen molar-refractivity contribution in [1.29, 1.82) is 0 Å². The van der Waals surface area contributed by atoms with Crippen LogP contribution in [0.2, 0.25) is 0 Å². The van der Waals surface area contributed by atoms with Crippen LogP contribution < -0.4 is 5.46 Å². The van der Waals surface area contributed by atoms with Gasteiger partial charge in [0.05, 0.1) is 0 Å². The predicted molar refractivity (Wildman–Crippen MR) is 194 cm³/mol. The quantitative estimate of drug-likeness (QED) is 0.150. The van der Waals surface area contributed by atoms with Crippen molar-refractivity contribution in [3.63, 3.8) is 0 Å². The van der Waals surface area contributed by atoms with E-state index in [0.717, 1.165) is 60.4 Å². The summed E-state index contributed by atoms with van der Waals surface area (Å²) in [6, 6.07) is 55.8. The molecule has 0 radical (unpaired) electrons. The van der Waals surface area contributed by atoms with E-state index < -0.39 is 7.12 Å². The van der Waals surface area contributed by atoms with Crippen molar-refractivity contribution in [3.8, 4) is 11.1 Å². The van der Waals surface area contributed by atoms with Gasteiger partial charge >= 0.3 is 7.12 Å². The van der Waals surface area contributed by atoms with Crippen molar-refractivity contribution in [3.05, 3.63) is 174 Å². The van der Waals surface area contributed by atoms with Crippen LogP contribution in [0.25, 0.3) is 65.7 Å². The summed E-state index contributed by atoms with van der Waals surface area (Å²) in [5.74, 6) is 1.52. The van der Waals surface area contributed by atoms with Gasteiger partial charge in [0, 0.05) is 16.6 Å². The Kier molecular flexibility index (Phi) is 6.17. The van der Waals surface area contributed by atoms with Crippen molar-refractivity contribution in [2.24, 2.45) is 0 Å². The van der Waals surface area contributed by atoms with E-state index in [1.165, 1.54) is 27.5 Å². The van der Waals surface area contributed by atoms with Crippen LogP contribution in [0.4, 0.5) is 0 Å². The van der Waals surface area contributed by atoms with Crippen molar-refractivity contribution < 1.29 is 9.31 Å². The lowest BCUT2D eigenvalue weighted by Gasteiger charge is -2.19. The lowest BCUT2D eigenvalue weighted by molar-refractivity contribution is 0.447. The molecular formula is C43H29BO2. The molecule has 0 bridgehead atoms. The average Bonchev–Trinajstić information content (AvgIpc) is 3.55. The topological polar surface area (TPSA) is 18.5 Å². The van der Waals surface area contributed by atoms with Gasteiger partial charge in [-0.3, -0.25) is 0 Å². The third-order valence-electron chi connectivity index (χ3n) is 9.24. The molecule has 8 aromatic carbocycles. The highest BCUT2D eigenvalue weighted by atomic mass is 16.6. The number of fused-ring (bicyclic) bond motifs is 4. The summed E-state index contributed by atoms with van der Waals surface area (Å²) in [5, 5.41) is 9.21. The first-order valence-electron chi connectivity index (χ1n) is 15.8. The van der Waals surface area contributed by atoms with Gasteiger partial charge < -0.3 is 9.31 Å². The van der Waals surface area contributed by atoms with Crippen molar-refractivity contribution in [1.82, 2.24) is 0 Å². The summed E-state index contributed by atoms with van der Waals surface area (Å²) >= 11 is 0. The van der Waals surface area contributed by atoms with Gasteiger partial charge in [0.2, 0.25) is 0 Å². The second-order valence-corrected chi connectivity index (χ2v) is 12.0. The maximum absolute atomic E-state index is 7.11. The monoisotopic (exact) mass is 588 g/mol. The predicted octanol–water partition coefficient (Wildman–Crippen LogP) is 10.5. The lowest BCUT2D eigenvalue weighted by atomic mass is 9.71. The first-order chi connectivity index (χ1) is 22.7. The van der Waals surface area contributed by atoms with Crippen molar-refractivity contribution in [2.75, 3.05) is 0 Å². The number of hydrogen-bond acceptors (Lipinski definition) is 2. The fourth-order valence-corrected chi connectivity index (χ4v) is 7.18. The Morgan fingerprint density at radius 1 is 0.413 bits per heavy atom. The highest BCUT2D eigenvalue weighted by Gasteiger charge is 2.41. The first-order valence-corrected chi connectivity index (χ1v) is 15.8. The zero-order valence-electron chi connectivity index (χ0n) is 25.4. The minimum absolute atomic E-state index is 0.650. The van der Waals surface area contributed by atoms with E-state index in [-0.39, 0.29) is 0 Å². The van der Waals surface area contributed by atoms with Crippen LogP contribution >= 0.6 is 0 Å². The summed E-state index contributed by atoms with van der Waals surface area (Å²) in [7, 11) is -0.650. The molecule has 0 spiro atoms. The summed E-state index contributed by atoms with van der Waals surface area (Å²) in [6.07, 6.45) is 0. The average molecular weight is 589 g/mol. The summed E-state index contributed by atoms with van der Waals surface area (Å²) in [5.41, 5.74) is 6.72. The SMILES string of the molecule is Cc1ccc2c(B3OC(c4cccc5ccccc45)=C(c4cccc5ccccc45)O3)c3ccccc3c(-c3ccccc3)c2c1. The zero-order chi connectivity index (χ0) is 30.6. The highest BCUT2D eigenvalue weighted by Crippen LogP contribution is 2.42. The Morgan fingerprint density at radius 3 is 1.54 bits per heavy atom. The molecule has 9 rings (SSSR count). The van der Waals surface area contributed by atoms with E-state index in [1.54, 1.807) is 0 Å². The van der Waals surface area contributed by atoms with Crippen LogP contribution in [0.15, 0.2) is 158 Å². The van der Waals surface area contributed by atoms with Gasteiger partial charge in [-0.25, -0.2) is 0 Å². The molecule has 0 saturated heterocycles. The molecule has 0 N–H and O–H groups in total. The molecule has 8 aromatic rings. The Morgan fingerprint density at radius 2 is 0.913 bits per heavy atom. The van der Waals surface area contributed by atoms with Gasteiger partial charge in [0.1, 0.15) is 0 Å². The first kappa shape index (κ1) is 26.6. The highest BCUT2D eigenvalue weighted by molar-refractivity contribution is 6.70. The Hall–Kier alpha value is -5.80. The molecule has 3 heteroatoms. The van der Waals surface area contributed by atoms with Gasteiger partial charge in [0.15, 0.2) is 11.5 Å². The van der Waals surface area contributed by atoms with Crippen LogP contribution in [0, 0.1) is 6.92 Å². The molecule has 0 atom stereocenters. The molecule has 0 saturated carbocycles. The molecule has 46 heavy (non-hydrogen) atoms. The Bertz CT molecular complexity index is 2390. The molecule has 0 amide bonds. The molecule has 1 aliphatic heterocycles. The molecule has 1 heterocycles. The minimum Gasteiger partial charge on any atom is -0.519 e. The molecule has 0 aromatic heterocycles. The van der Waals surface area contributed by atoms with Crippen LogP contribution in [0.1, 0.15) is 16.7 Å².